The molecule has 29 heavy (non-hydrogen) atoms. The number of allylic oxidation sites excluding steroid dienone is 1. The second-order valence-electron chi connectivity index (χ2n) is 6.85. The summed E-state index contributed by atoms with van der Waals surface area (Å²) in [5.41, 5.74) is 5.69. The van der Waals surface area contributed by atoms with E-state index in [9.17, 15) is 5.11 Å². The highest BCUT2D eigenvalue weighted by molar-refractivity contribution is 5.98. The second-order valence-corrected chi connectivity index (χ2v) is 6.85. The van der Waals surface area contributed by atoms with E-state index >= 15 is 0 Å². The Morgan fingerprint density at radius 3 is 2.21 bits per heavy atom. The van der Waals surface area contributed by atoms with Gasteiger partial charge in [-0.05, 0) is 65.1 Å². The molecule has 0 aliphatic heterocycles. The van der Waals surface area contributed by atoms with Crippen molar-refractivity contribution in [3.63, 3.8) is 0 Å². The van der Waals surface area contributed by atoms with Gasteiger partial charge in [-0.1, -0.05) is 68.4 Å². The van der Waals surface area contributed by atoms with Gasteiger partial charge in [0, 0.05) is 6.54 Å². The minimum absolute atomic E-state index is 0.270. The van der Waals surface area contributed by atoms with Crippen LogP contribution in [0.25, 0.3) is 11.1 Å². The summed E-state index contributed by atoms with van der Waals surface area (Å²) in [7, 11) is 0. The van der Waals surface area contributed by atoms with Crippen molar-refractivity contribution in [1.29, 1.82) is 0 Å². The van der Waals surface area contributed by atoms with Crippen LogP contribution in [-0.4, -0.2) is 24.8 Å². The quantitative estimate of drug-likeness (QED) is 0.363. The number of rotatable bonds is 9. The lowest BCUT2D eigenvalue weighted by molar-refractivity contribution is 0.315. The average Bonchev–Trinajstić information content (AvgIpc) is 2.76. The fraction of sp³-hybridized carbons (Fsp3) is 0.231. The average molecular weight is 388 g/mol. The van der Waals surface area contributed by atoms with Gasteiger partial charge >= 0.3 is 0 Å². The minimum Gasteiger partial charge on any atom is -0.508 e. The highest BCUT2D eigenvalue weighted by atomic mass is 16.5. The molecule has 3 aromatic rings. The molecule has 2 N–H and O–H groups in total. The maximum atomic E-state index is 10.1. The van der Waals surface area contributed by atoms with Crippen molar-refractivity contribution in [3.8, 4) is 11.5 Å². The molecular weight excluding hydrogens is 358 g/mol. The van der Waals surface area contributed by atoms with E-state index in [1.165, 1.54) is 11.1 Å². The monoisotopic (exact) mass is 387 g/mol. The Hall–Kier alpha value is -3.04. The second kappa shape index (κ2) is 10.5. The predicted octanol–water partition coefficient (Wildman–Crippen LogP) is 5.75. The maximum absolute atomic E-state index is 10.1. The molecule has 0 fully saturated rings. The third-order valence-electron chi connectivity index (χ3n) is 4.85. The molecule has 0 saturated heterocycles. The molecule has 0 unspecified atom stereocenters. The topological polar surface area (TPSA) is 41.5 Å². The molecule has 0 atom stereocenters. The summed E-state index contributed by atoms with van der Waals surface area (Å²) < 4.78 is 5.82. The van der Waals surface area contributed by atoms with Gasteiger partial charge in [-0.25, -0.2) is 0 Å². The van der Waals surface area contributed by atoms with Crippen LogP contribution in [-0.2, 0) is 0 Å². The van der Waals surface area contributed by atoms with Crippen molar-refractivity contribution in [2.45, 2.75) is 20.3 Å². The number of phenolic OH excluding ortho intramolecular Hbond substituents is 1. The number of nitrogens with one attached hydrogen (secondary N) is 1. The third kappa shape index (κ3) is 5.49. The molecule has 0 heterocycles. The first-order valence-corrected chi connectivity index (χ1v) is 10.2. The Morgan fingerprint density at radius 1 is 0.828 bits per heavy atom. The first-order chi connectivity index (χ1) is 14.2. The zero-order chi connectivity index (χ0) is 20.5. The Kier molecular flexibility index (Phi) is 7.48. The molecule has 0 saturated carbocycles. The highest BCUT2D eigenvalue weighted by Gasteiger charge is 2.13. The van der Waals surface area contributed by atoms with Gasteiger partial charge < -0.3 is 15.2 Å². The molecule has 150 valence electrons. The third-order valence-corrected chi connectivity index (χ3v) is 4.85. The van der Waals surface area contributed by atoms with E-state index in [1.807, 2.05) is 30.3 Å². The lowest BCUT2D eigenvalue weighted by Gasteiger charge is -2.17. The fourth-order valence-corrected chi connectivity index (χ4v) is 3.48. The standard InChI is InChI=1S/C26H29NO2/c1-3-25(20-9-6-5-7-10-20)26(22-11-8-12-23(28)19-22)21-13-15-24(16-14-21)29-18-17-27-4-2/h5-16,19,27-28H,3-4,17-18H2,1-2H3/b26-25+. The molecule has 3 heteroatoms. The molecule has 3 nitrogen and oxygen atoms in total. The van der Waals surface area contributed by atoms with Gasteiger partial charge in [-0.15, -0.1) is 0 Å². The molecule has 0 aliphatic carbocycles. The van der Waals surface area contributed by atoms with E-state index in [0.717, 1.165) is 42.0 Å². The highest BCUT2D eigenvalue weighted by Crippen LogP contribution is 2.35. The van der Waals surface area contributed by atoms with Crippen LogP contribution in [0.15, 0.2) is 78.9 Å². The van der Waals surface area contributed by atoms with Gasteiger partial charge in [0.25, 0.3) is 0 Å². The summed E-state index contributed by atoms with van der Waals surface area (Å²) >= 11 is 0. The van der Waals surface area contributed by atoms with Crippen molar-refractivity contribution in [3.05, 3.63) is 95.6 Å². The van der Waals surface area contributed by atoms with Gasteiger partial charge in [0.1, 0.15) is 18.1 Å². The normalized spacial score (nSPS) is 11.8. The molecule has 0 radical (unpaired) electrons. The number of benzene rings is 3. The summed E-state index contributed by atoms with van der Waals surface area (Å²) in [6.45, 7) is 6.68. The van der Waals surface area contributed by atoms with E-state index in [0.29, 0.717) is 6.61 Å². The van der Waals surface area contributed by atoms with Gasteiger partial charge in [-0.3, -0.25) is 0 Å². The fourth-order valence-electron chi connectivity index (χ4n) is 3.48. The SMILES string of the molecule is CCNCCOc1ccc(/C(=C(/CC)c2ccccc2)c2cccc(O)c2)cc1. The van der Waals surface area contributed by atoms with E-state index in [2.05, 4.69) is 61.6 Å². The first kappa shape index (κ1) is 20.7. The van der Waals surface area contributed by atoms with Gasteiger partial charge in [0.15, 0.2) is 0 Å². The molecule has 0 amide bonds. The molecule has 0 spiro atoms. The molecule has 0 aromatic heterocycles. The maximum Gasteiger partial charge on any atom is 0.119 e. The number of hydrogen-bond acceptors (Lipinski definition) is 3. The number of ether oxygens (including phenoxy) is 1. The van der Waals surface area contributed by atoms with E-state index in [-0.39, 0.29) is 5.75 Å². The largest absolute Gasteiger partial charge is 0.508 e. The summed E-state index contributed by atoms with van der Waals surface area (Å²) in [5.74, 6) is 1.13. The van der Waals surface area contributed by atoms with Crippen LogP contribution in [0.1, 0.15) is 37.0 Å². The van der Waals surface area contributed by atoms with Crippen molar-refractivity contribution >= 4 is 11.1 Å². The summed E-state index contributed by atoms with van der Waals surface area (Å²) in [5, 5.41) is 13.3. The predicted molar refractivity (Wildman–Crippen MR) is 121 cm³/mol. The first-order valence-electron chi connectivity index (χ1n) is 10.2. The molecule has 0 bridgehead atoms. The summed E-state index contributed by atoms with van der Waals surface area (Å²) in [6.07, 6.45) is 0.885. The Labute approximate surface area is 173 Å². The van der Waals surface area contributed by atoms with Crippen molar-refractivity contribution in [1.82, 2.24) is 5.32 Å². The summed E-state index contributed by atoms with van der Waals surface area (Å²) in [4.78, 5) is 0. The molecule has 3 rings (SSSR count). The minimum atomic E-state index is 0.270. The van der Waals surface area contributed by atoms with E-state index in [1.54, 1.807) is 6.07 Å². The number of hydrogen-bond donors (Lipinski definition) is 2. The van der Waals surface area contributed by atoms with Crippen molar-refractivity contribution in [2.24, 2.45) is 0 Å². The Balaban J connectivity index is 2.01. The van der Waals surface area contributed by atoms with Gasteiger partial charge in [-0.2, -0.15) is 0 Å². The number of aromatic hydroxyl groups is 1. The van der Waals surface area contributed by atoms with Gasteiger partial charge in [0.2, 0.25) is 0 Å². The van der Waals surface area contributed by atoms with Crippen molar-refractivity contribution < 1.29 is 9.84 Å². The van der Waals surface area contributed by atoms with Crippen LogP contribution in [0, 0.1) is 0 Å². The van der Waals surface area contributed by atoms with Crippen LogP contribution in [0.4, 0.5) is 0 Å². The zero-order valence-electron chi connectivity index (χ0n) is 17.2. The number of phenols is 1. The smallest absolute Gasteiger partial charge is 0.119 e. The van der Waals surface area contributed by atoms with Crippen LogP contribution < -0.4 is 10.1 Å². The van der Waals surface area contributed by atoms with Crippen LogP contribution in [0.3, 0.4) is 0 Å². The van der Waals surface area contributed by atoms with E-state index < -0.39 is 0 Å². The van der Waals surface area contributed by atoms with Crippen LogP contribution in [0.2, 0.25) is 0 Å². The lowest BCUT2D eigenvalue weighted by Crippen LogP contribution is -2.20. The van der Waals surface area contributed by atoms with Crippen molar-refractivity contribution in [2.75, 3.05) is 19.7 Å². The summed E-state index contributed by atoms with van der Waals surface area (Å²) in [6, 6.07) is 26.1. The lowest BCUT2D eigenvalue weighted by atomic mass is 9.88. The number of likely N-dealkylation sites (N-methyl/N-ethyl adjacent to an activating group) is 1. The van der Waals surface area contributed by atoms with E-state index in [4.69, 9.17) is 4.74 Å². The van der Waals surface area contributed by atoms with Gasteiger partial charge in [0.05, 0.1) is 0 Å². The van der Waals surface area contributed by atoms with Crippen LogP contribution in [0.5, 0.6) is 11.5 Å². The van der Waals surface area contributed by atoms with Crippen LogP contribution >= 0.6 is 0 Å². The molecule has 3 aromatic carbocycles. The molecule has 0 aliphatic rings. The Bertz CT molecular complexity index is 930. The molecular formula is C26H29NO2. The zero-order valence-corrected chi connectivity index (χ0v) is 17.2. The Morgan fingerprint density at radius 2 is 1.55 bits per heavy atom.